The van der Waals surface area contributed by atoms with Crippen LogP contribution in [0.3, 0.4) is 0 Å². The lowest BCUT2D eigenvalue weighted by Gasteiger charge is -2.50. The summed E-state index contributed by atoms with van der Waals surface area (Å²) in [4.78, 5) is 17.8. The van der Waals surface area contributed by atoms with Crippen LogP contribution in [-0.2, 0) is 6.54 Å². The van der Waals surface area contributed by atoms with Crippen molar-refractivity contribution in [3.05, 3.63) is 58.0 Å². The molecule has 1 spiro atoms. The van der Waals surface area contributed by atoms with Crippen molar-refractivity contribution in [2.75, 3.05) is 19.6 Å². The average Bonchev–Trinajstić information content (AvgIpc) is 3.23. The van der Waals surface area contributed by atoms with Gasteiger partial charge in [0.15, 0.2) is 0 Å². The van der Waals surface area contributed by atoms with Gasteiger partial charge in [-0.25, -0.2) is 4.39 Å². The predicted molar refractivity (Wildman–Crippen MR) is 89.0 cm³/mol. The third-order valence-corrected chi connectivity index (χ3v) is 6.01. The number of rotatable bonds is 3. The molecule has 0 N–H and O–H groups in total. The molecular weight excluding hydrogens is 311 g/mol. The van der Waals surface area contributed by atoms with Crippen LogP contribution in [0, 0.1) is 5.82 Å². The normalized spacial score (nSPS) is 24.1. The summed E-state index contributed by atoms with van der Waals surface area (Å²) < 4.78 is 13.0. The Kier molecular flexibility index (Phi) is 3.70. The van der Waals surface area contributed by atoms with Crippen molar-refractivity contribution in [3.63, 3.8) is 0 Å². The average molecular weight is 330 g/mol. The number of carbonyl (C=O) groups is 1. The third kappa shape index (κ3) is 2.68. The van der Waals surface area contributed by atoms with Crippen molar-refractivity contribution in [2.24, 2.45) is 0 Å². The number of halogens is 1. The van der Waals surface area contributed by atoms with Crippen molar-refractivity contribution in [1.29, 1.82) is 0 Å². The summed E-state index contributed by atoms with van der Waals surface area (Å²) in [5.74, 6) is -0.0360. The molecule has 4 rings (SSSR count). The lowest BCUT2D eigenvalue weighted by molar-refractivity contribution is -0.0131. The Morgan fingerprint density at radius 3 is 2.61 bits per heavy atom. The number of carbonyl (C=O) groups excluding carboxylic acids is 1. The van der Waals surface area contributed by atoms with E-state index >= 15 is 0 Å². The van der Waals surface area contributed by atoms with Gasteiger partial charge in [0, 0.05) is 31.7 Å². The first kappa shape index (κ1) is 14.8. The maximum absolute atomic E-state index is 13.0. The number of nitrogens with zero attached hydrogens (tertiary/aromatic N) is 2. The van der Waals surface area contributed by atoms with Crippen LogP contribution < -0.4 is 0 Å². The molecule has 3 heterocycles. The fraction of sp³-hybridized carbons (Fsp3) is 0.389. The molecule has 2 saturated heterocycles. The van der Waals surface area contributed by atoms with Gasteiger partial charge in [0.1, 0.15) is 5.82 Å². The molecule has 2 aromatic rings. The highest BCUT2D eigenvalue weighted by molar-refractivity contribution is 7.12. The van der Waals surface area contributed by atoms with Gasteiger partial charge >= 0.3 is 0 Å². The Labute approximate surface area is 139 Å². The fourth-order valence-corrected chi connectivity index (χ4v) is 4.38. The molecule has 1 amide bonds. The minimum absolute atomic E-state index is 0.126. The van der Waals surface area contributed by atoms with Crippen molar-refractivity contribution in [1.82, 2.24) is 9.80 Å². The number of benzene rings is 1. The van der Waals surface area contributed by atoms with Gasteiger partial charge in [-0.3, -0.25) is 9.69 Å². The molecule has 0 aliphatic carbocycles. The minimum Gasteiger partial charge on any atom is -0.336 e. The molecule has 5 heteroatoms. The summed E-state index contributed by atoms with van der Waals surface area (Å²) in [7, 11) is 0. The van der Waals surface area contributed by atoms with Crippen LogP contribution in [0.2, 0.25) is 0 Å². The van der Waals surface area contributed by atoms with Gasteiger partial charge in [0.05, 0.1) is 4.88 Å². The lowest BCUT2D eigenvalue weighted by atomic mass is 9.83. The predicted octanol–water partition coefficient (Wildman–Crippen LogP) is 3.38. The summed E-state index contributed by atoms with van der Waals surface area (Å²) in [5.41, 5.74) is 1.26. The van der Waals surface area contributed by atoms with Crippen molar-refractivity contribution in [2.45, 2.75) is 24.9 Å². The largest absolute Gasteiger partial charge is 0.336 e. The summed E-state index contributed by atoms with van der Waals surface area (Å²) in [6.45, 7) is 3.53. The van der Waals surface area contributed by atoms with Crippen LogP contribution in [0.5, 0.6) is 0 Å². The number of thiophene rings is 1. The summed E-state index contributed by atoms with van der Waals surface area (Å²) in [6.07, 6.45) is 2.17. The van der Waals surface area contributed by atoms with E-state index in [4.69, 9.17) is 0 Å². The van der Waals surface area contributed by atoms with E-state index in [2.05, 4.69) is 4.90 Å². The SMILES string of the molecule is O=C(c1cccs1)N1CC[C@]2(CCN2Cc2ccc(F)cc2)C1. The van der Waals surface area contributed by atoms with Crippen LogP contribution in [0.1, 0.15) is 28.1 Å². The zero-order valence-corrected chi connectivity index (χ0v) is 13.7. The van der Waals surface area contributed by atoms with Gasteiger partial charge in [0.25, 0.3) is 5.91 Å². The second kappa shape index (κ2) is 5.73. The van der Waals surface area contributed by atoms with Gasteiger partial charge in [-0.1, -0.05) is 18.2 Å². The van der Waals surface area contributed by atoms with Crippen molar-refractivity contribution < 1.29 is 9.18 Å². The van der Waals surface area contributed by atoms with E-state index in [9.17, 15) is 9.18 Å². The number of hydrogen-bond donors (Lipinski definition) is 0. The topological polar surface area (TPSA) is 23.6 Å². The first-order valence-corrected chi connectivity index (χ1v) is 8.87. The van der Waals surface area contributed by atoms with E-state index < -0.39 is 0 Å². The molecule has 1 aromatic carbocycles. The van der Waals surface area contributed by atoms with Gasteiger partial charge in [0.2, 0.25) is 0 Å². The van der Waals surface area contributed by atoms with Crippen LogP contribution in [-0.4, -0.2) is 40.9 Å². The van der Waals surface area contributed by atoms with Crippen LogP contribution >= 0.6 is 11.3 Å². The molecular formula is C18H19FN2OS. The molecule has 3 nitrogen and oxygen atoms in total. The third-order valence-electron chi connectivity index (χ3n) is 5.16. The highest BCUT2D eigenvalue weighted by Gasteiger charge is 2.50. The second-order valence-electron chi connectivity index (χ2n) is 6.48. The van der Waals surface area contributed by atoms with Crippen molar-refractivity contribution >= 4 is 17.2 Å². The molecule has 120 valence electrons. The fourth-order valence-electron chi connectivity index (χ4n) is 3.69. The van der Waals surface area contributed by atoms with E-state index in [0.717, 1.165) is 49.5 Å². The van der Waals surface area contributed by atoms with E-state index in [1.165, 1.54) is 23.5 Å². The highest BCUT2D eigenvalue weighted by Crippen LogP contribution is 2.40. The Morgan fingerprint density at radius 2 is 1.96 bits per heavy atom. The quantitative estimate of drug-likeness (QED) is 0.861. The molecule has 1 aromatic heterocycles. The second-order valence-corrected chi connectivity index (χ2v) is 7.42. The van der Waals surface area contributed by atoms with E-state index in [-0.39, 0.29) is 17.3 Å². The standard InChI is InChI=1S/C18H19FN2OS/c19-15-5-3-14(4-6-15)12-21-10-8-18(21)7-9-20(13-18)17(22)16-2-1-11-23-16/h1-6,11H,7-10,12-13H2/t18-/m0/s1. The van der Waals surface area contributed by atoms with Gasteiger partial charge in [-0.15, -0.1) is 11.3 Å². The van der Waals surface area contributed by atoms with Gasteiger partial charge in [-0.2, -0.15) is 0 Å². The summed E-state index contributed by atoms with van der Waals surface area (Å²) in [6, 6.07) is 10.6. The molecule has 0 unspecified atom stereocenters. The Morgan fingerprint density at radius 1 is 1.17 bits per heavy atom. The Balaban J connectivity index is 1.43. The van der Waals surface area contributed by atoms with Crippen LogP contribution in [0.15, 0.2) is 41.8 Å². The van der Waals surface area contributed by atoms with Crippen molar-refractivity contribution in [3.8, 4) is 0 Å². The monoisotopic (exact) mass is 330 g/mol. The van der Waals surface area contributed by atoms with E-state index in [1.54, 1.807) is 0 Å². The molecule has 2 aliphatic rings. The number of likely N-dealkylation sites (tertiary alicyclic amines) is 2. The maximum Gasteiger partial charge on any atom is 0.263 e. The smallest absolute Gasteiger partial charge is 0.263 e. The van der Waals surface area contributed by atoms with Crippen LogP contribution in [0.25, 0.3) is 0 Å². The molecule has 0 bridgehead atoms. The number of hydrogen-bond acceptors (Lipinski definition) is 3. The Bertz CT molecular complexity index is 700. The summed E-state index contributed by atoms with van der Waals surface area (Å²) in [5, 5.41) is 1.95. The molecule has 0 radical (unpaired) electrons. The first-order chi connectivity index (χ1) is 11.2. The van der Waals surface area contributed by atoms with Crippen LogP contribution in [0.4, 0.5) is 4.39 Å². The highest BCUT2D eigenvalue weighted by atomic mass is 32.1. The summed E-state index contributed by atoms with van der Waals surface area (Å²) >= 11 is 1.51. The lowest BCUT2D eigenvalue weighted by Crippen LogP contribution is -2.60. The zero-order valence-electron chi connectivity index (χ0n) is 12.9. The van der Waals surface area contributed by atoms with E-state index in [1.807, 2.05) is 34.5 Å². The molecule has 0 saturated carbocycles. The van der Waals surface area contributed by atoms with Gasteiger partial charge in [-0.05, 0) is 42.0 Å². The maximum atomic E-state index is 13.0. The van der Waals surface area contributed by atoms with E-state index in [0.29, 0.717) is 0 Å². The zero-order chi connectivity index (χ0) is 15.9. The first-order valence-electron chi connectivity index (χ1n) is 7.99. The Hall–Kier alpha value is -1.72. The molecule has 2 aliphatic heterocycles. The molecule has 1 atom stereocenters. The molecule has 2 fully saturated rings. The minimum atomic E-state index is -0.194. The number of amides is 1. The van der Waals surface area contributed by atoms with Gasteiger partial charge < -0.3 is 4.90 Å². The molecule has 23 heavy (non-hydrogen) atoms.